The molecule has 62 valence electrons. The highest BCUT2D eigenvalue weighted by Crippen LogP contribution is 1.90. The summed E-state index contributed by atoms with van der Waals surface area (Å²) in [5.74, 6) is 0. The topological polar surface area (TPSA) is 75.7 Å². The van der Waals surface area contributed by atoms with Crippen LogP contribution in [0.2, 0.25) is 0 Å². The summed E-state index contributed by atoms with van der Waals surface area (Å²) in [6.07, 6.45) is -0.838. The average molecular weight is 149 g/mol. The molecule has 10 heavy (non-hydrogen) atoms. The lowest BCUT2D eigenvalue weighted by molar-refractivity contribution is -0.0203. The van der Waals surface area contributed by atoms with Gasteiger partial charge in [0.05, 0.1) is 25.4 Å². The third-order valence-corrected chi connectivity index (χ3v) is 1.10. The van der Waals surface area contributed by atoms with Crippen molar-refractivity contribution >= 4 is 0 Å². The molecule has 2 atom stereocenters. The maximum atomic E-state index is 8.87. The van der Waals surface area contributed by atoms with E-state index < -0.39 is 6.10 Å². The Morgan fingerprint density at radius 3 is 2.60 bits per heavy atom. The summed E-state index contributed by atoms with van der Waals surface area (Å²) in [6, 6.07) is 0. The van der Waals surface area contributed by atoms with Gasteiger partial charge < -0.3 is 20.7 Å². The van der Waals surface area contributed by atoms with Crippen molar-refractivity contribution in [3.63, 3.8) is 0 Å². The van der Waals surface area contributed by atoms with Crippen molar-refractivity contribution in [3.8, 4) is 0 Å². The van der Waals surface area contributed by atoms with Gasteiger partial charge in [-0.1, -0.05) is 0 Å². The molecule has 0 bridgehead atoms. The summed E-state index contributed by atoms with van der Waals surface area (Å²) in [7, 11) is 0. The fraction of sp³-hybridized carbons (Fsp3) is 1.00. The molecule has 0 saturated carbocycles. The monoisotopic (exact) mass is 149 g/mol. The molecule has 0 spiro atoms. The number of aliphatic hydroxyl groups is 2. The van der Waals surface area contributed by atoms with Gasteiger partial charge in [-0.05, 0) is 6.92 Å². The molecule has 4 N–H and O–H groups in total. The van der Waals surface area contributed by atoms with E-state index in [-0.39, 0.29) is 25.9 Å². The predicted octanol–water partition coefficient (Wildman–Crippen LogP) is -1.30. The first kappa shape index (κ1) is 9.84. The fourth-order valence-electron chi connectivity index (χ4n) is 0.396. The summed E-state index contributed by atoms with van der Waals surface area (Å²) < 4.78 is 4.96. The van der Waals surface area contributed by atoms with Crippen molar-refractivity contribution in [2.45, 2.75) is 19.1 Å². The zero-order chi connectivity index (χ0) is 7.98. The summed E-state index contributed by atoms with van der Waals surface area (Å²) in [4.78, 5) is 0. The minimum Gasteiger partial charge on any atom is -0.394 e. The first-order valence-electron chi connectivity index (χ1n) is 3.31. The highest BCUT2D eigenvalue weighted by molar-refractivity contribution is 4.54. The van der Waals surface area contributed by atoms with Crippen LogP contribution in [0.3, 0.4) is 0 Å². The number of aliphatic hydroxyl groups excluding tert-OH is 2. The quantitative estimate of drug-likeness (QED) is 0.454. The molecular weight excluding hydrogens is 134 g/mol. The Balaban J connectivity index is 3.17. The van der Waals surface area contributed by atoms with E-state index in [2.05, 4.69) is 0 Å². The Kier molecular flexibility index (Phi) is 5.52. The maximum Gasteiger partial charge on any atom is 0.0895 e. The highest BCUT2D eigenvalue weighted by atomic mass is 16.5. The number of rotatable bonds is 5. The van der Waals surface area contributed by atoms with Gasteiger partial charge >= 0.3 is 0 Å². The van der Waals surface area contributed by atoms with Gasteiger partial charge in [-0.2, -0.15) is 0 Å². The third kappa shape index (κ3) is 4.69. The van der Waals surface area contributed by atoms with Crippen molar-refractivity contribution < 1.29 is 14.9 Å². The standard InChI is InChI=1S/C6H15NO3/c1-5(3-8)10-4-6(9)2-7/h5-6,8-9H,2-4,7H2,1H3. The number of nitrogens with two attached hydrogens (primary N) is 1. The van der Waals surface area contributed by atoms with Crippen molar-refractivity contribution in [1.82, 2.24) is 0 Å². The molecule has 4 heteroatoms. The minimum atomic E-state index is -0.617. The molecule has 0 heterocycles. The molecule has 0 aliphatic rings. The van der Waals surface area contributed by atoms with Gasteiger partial charge in [0, 0.05) is 6.54 Å². The summed E-state index contributed by atoms with van der Waals surface area (Å²) in [6.45, 7) is 2.08. The van der Waals surface area contributed by atoms with E-state index in [1.165, 1.54) is 0 Å². The van der Waals surface area contributed by atoms with Crippen LogP contribution in [0.1, 0.15) is 6.92 Å². The van der Waals surface area contributed by atoms with Gasteiger partial charge in [-0.25, -0.2) is 0 Å². The van der Waals surface area contributed by atoms with E-state index in [1.54, 1.807) is 6.92 Å². The van der Waals surface area contributed by atoms with E-state index >= 15 is 0 Å². The Labute approximate surface area is 60.6 Å². The van der Waals surface area contributed by atoms with Crippen LogP contribution in [0.15, 0.2) is 0 Å². The first-order chi connectivity index (χ1) is 4.70. The van der Waals surface area contributed by atoms with E-state index in [0.29, 0.717) is 0 Å². The molecule has 0 rings (SSSR count). The normalized spacial score (nSPS) is 16.8. The Hall–Kier alpha value is -0.160. The van der Waals surface area contributed by atoms with Gasteiger partial charge in [0.1, 0.15) is 0 Å². The van der Waals surface area contributed by atoms with Gasteiger partial charge in [0.25, 0.3) is 0 Å². The van der Waals surface area contributed by atoms with Gasteiger partial charge in [0.15, 0.2) is 0 Å². The Morgan fingerprint density at radius 2 is 2.20 bits per heavy atom. The molecule has 0 aromatic heterocycles. The van der Waals surface area contributed by atoms with Crippen LogP contribution >= 0.6 is 0 Å². The zero-order valence-electron chi connectivity index (χ0n) is 6.16. The third-order valence-electron chi connectivity index (χ3n) is 1.10. The van der Waals surface area contributed by atoms with E-state index in [9.17, 15) is 0 Å². The molecule has 0 aliphatic heterocycles. The van der Waals surface area contributed by atoms with E-state index in [1.807, 2.05) is 0 Å². The van der Waals surface area contributed by atoms with Crippen LogP contribution in [0.4, 0.5) is 0 Å². The second kappa shape index (κ2) is 5.61. The lowest BCUT2D eigenvalue weighted by Gasteiger charge is -2.12. The maximum absolute atomic E-state index is 8.87. The van der Waals surface area contributed by atoms with Crippen LogP contribution in [-0.4, -0.2) is 42.2 Å². The van der Waals surface area contributed by atoms with Crippen molar-refractivity contribution in [3.05, 3.63) is 0 Å². The van der Waals surface area contributed by atoms with Gasteiger partial charge in [-0.15, -0.1) is 0 Å². The van der Waals surface area contributed by atoms with Gasteiger partial charge in [0.2, 0.25) is 0 Å². The molecule has 0 amide bonds. The van der Waals surface area contributed by atoms with Crippen molar-refractivity contribution in [1.29, 1.82) is 0 Å². The largest absolute Gasteiger partial charge is 0.394 e. The van der Waals surface area contributed by atoms with Crippen LogP contribution in [0.25, 0.3) is 0 Å². The van der Waals surface area contributed by atoms with Crippen molar-refractivity contribution in [2.24, 2.45) is 5.73 Å². The molecule has 0 fully saturated rings. The molecule has 4 nitrogen and oxygen atoms in total. The highest BCUT2D eigenvalue weighted by Gasteiger charge is 2.04. The lowest BCUT2D eigenvalue weighted by Crippen LogP contribution is -2.28. The molecule has 0 saturated heterocycles. The van der Waals surface area contributed by atoms with Crippen molar-refractivity contribution in [2.75, 3.05) is 19.8 Å². The lowest BCUT2D eigenvalue weighted by atomic mass is 10.4. The first-order valence-corrected chi connectivity index (χ1v) is 3.31. The SMILES string of the molecule is CC(CO)OCC(O)CN. The summed E-state index contributed by atoms with van der Waals surface area (Å²) in [5, 5.41) is 17.4. The zero-order valence-corrected chi connectivity index (χ0v) is 6.16. The number of ether oxygens (including phenoxy) is 1. The smallest absolute Gasteiger partial charge is 0.0895 e. The van der Waals surface area contributed by atoms with E-state index in [4.69, 9.17) is 20.7 Å². The van der Waals surface area contributed by atoms with E-state index in [0.717, 1.165) is 0 Å². The Bertz CT molecular complexity index is 69.4. The molecular formula is C6H15NO3. The van der Waals surface area contributed by atoms with Crippen LogP contribution < -0.4 is 5.73 Å². The minimum absolute atomic E-state index is 0.0305. The predicted molar refractivity (Wildman–Crippen MR) is 37.6 cm³/mol. The molecule has 0 aromatic carbocycles. The molecule has 0 radical (unpaired) electrons. The second-order valence-corrected chi connectivity index (χ2v) is 2.22. The molecule has 0 aromatic rings. The molecule has 2 unspecified atom stereocenters. The number of hydrogen-bond donors (Lipinski definition) is 3. The van der Waals surface area contributed by atoms with Gasteiger partial charge in [-0.3, -0.25) is 0 Å². The summed E-state index contributed by atoms with van der Waals surface area (Å²) >= 11 is 0. The van der Waals surface area contributed by atoms with Crippen LogP contribution in [0.5, 0.6) is 0 Å². The number of hydrogen-bond acceptors (Lipinski definition) is 4. The second-order valence-electron chi connectivity index (χ2n) is 2.22. The van der Waals surface area contributed by atoms with Crippen LogP contribution in [-0.2, 0) is 4.74 Å². The molecule has 0 aliphatic carbocycles. The fourth-order valence-corrected chi connectivity index (χ4v) is 0.396. The summed E-state index contributed by atoms with van der Waals surface area (Å²) in [5.41, 5.74) is 5.11. The van der Waals surface area contributed by atoms with Crippen LogP contribution in [0, 0.1) is 0 Å². The average Bonchev–Trinajstić information content (AvgIpc) is 1.99. The Morgan fingerprint density at radius 1 is 1.60 bits per heavy atom.